The first-order valence-corrected chi connectivity index (χ1v) is 9.39. The van der Waals surface area contributed by atoms with Crippen LogP contribution in [-0.2, 0) is 13.0 Å². The van der Waals surface area contributed by atoms with Crippen LogP contribution in [0.15, 0.2) is 48.5 Å². The lowest BCUT2D eigenvalue weighted by Gasteiger charge is -2.35. The Morgan fingerprint density at radius 3 is 2.68 bits per heavy atom. The Kier molecular flexibility index (Phi) is 6.35. The van der Waals surface area contributed by atoms with E-state index in [1.807, 2.05) is 42.5 Å². The first kappa shape index (κ1) is 18.2. The zero-order chi connectivity index (χ0) is 17.6. The fourth-order valence-corrected chi connectivity index (χ4v) is 3.67. The molecule has 2 aromatic rings. The number of likely N-dealkylation sites (tertiary alicyclic amines) is 1. The Bertz CT molecular complexity index is 677. The number of halogens is 1. The smallest absolute Gasteiger partial charge is 0.138 e. The highest BCUT2D eigenvalue weighted by molar-refractivity contribution is 6.32. The molecule has 2 aromatic carbocycles. The summed E-state index contributed by atoms with van der Waals surface area (Å²) in [5.74, 6) is 0.967. The van der Waals surface area contributed by atoms with Crippen molar-refractivity contribution < 1.29 is 9.84 Å². The summed E-state index contributed by atoms with van der Waals surface area (Å²) in [6.45, 7) is 5.65. The highest BCUT2D eigenvalue weighted by atomic mass is 35.5. The van der Waals surface area contributed by atoms with Crippen LogP contribution in [0, 0.1) is 5.92 Å². The van der Waals surface area contributed by atoms with Crippen molar-refractivity contribution in [1.82, 2.24) is 4.90 Å². The van der Waals surface area contributed by atoms with Gasteiger partial charge in [0.05, 0.1) is 11.1 Å². The highest BCUT2D eigenvalue weighted by Crippen LogP contribution is 2.29. The number of ether oxygens (including phenoxy) is 1. The zero-order valence-electron chi connectivity index (χ0n) is 14.7. The molecule has 3 nitrogen and oxygen atoms in total. The molecule has 1 aliphatic heterocycles. The van der Waals surface area contributed by atoms with Gasteiger partial charge in [-0.2, -0.15) is 0 Å². The van der Waals surface area contributed by atoms with Gasteiger partial charge in [0.25, 0.3) is 0 Å². The SMILES string of the molecule is CCN1CCC(O)C(Cc2ccc(OCc3ccccc3)c(Cl)c2)C1. The number of aliphatic hydroxyl groups excluding tert-OH is 1. The molecule has 1 fully saturated rings. The van der Waals surface area contributed by atoms with Crippen LogP contribution in [-0.4, -0.2) is 35.7 Å². The molecular weight excluding hydrogens is 334 g/mol. The molecule has 4 heteroatoms. The second-order valence-corrected chi connectivity index (χ2v) is 7.16. The van der Waals surface area contributed by atoms with Gasteiger partial charge < -0.3 is 14.7 Å². The van der Waals surface area contributed by atoms with Crippen molar-refractivity contribution >= 4 is 11.6 Å². The number of hydrogen-bond donors (Lipinski definition) is 1. The van der Waals surface area contributed by atoms with Gasteiger partial charge in [-0.25, -0.2) is 0 Å². The lowest BCUT2D eigenvalue weighted by atomic mass is 9.89. The molecule has 25 heavy (non-hydrogen) atoms. The van der Waals surface area contributed by atoms with Crippen molar-refractivity contribution in [1.29, 1.82) is 0 Å². The Labute approximate surface area is 155 Å². The van der Waals surface area contributed by atoms with Crippen LogP contribution >= 0.6 is 11.6 Å². The van der Waals surface area contributed by atoms with E-state index in [1.54, 1.807) is 0 Å². The molecule has 0 spiro atoms. The number of rotatable bonds is 6. The zero-order valence-corrected chi connectivity index (χ0v) is 15.5. The molecule has 1 N–H and O–H groups in total. The largest absolute Gasteiger partial charge is 0.487 e. The molecule has 1 saturated heterocycles. The normalized spacial score (nSPS) is 21.2. The Morgan fingerprint density at radius 1 is 1.16 bits per heavy atom. The van der Waals surface area contributed by atoms with E-state index in [2.05, 4.69) is 17.9 Å². The van der Waals surface area contributed by atoms with Gasteiger partial charge in [0.2, 0.25) is 0 Å². The van der Waals surface area contributed by atoms with Crippen molar-refractivity contribution in [3.63, 3.8) is 0 Å². The van der Waals surface area contributed by atoms with Crippen LogP contribution in [0.5, 0.6) is 5.75 Å². The maximum absolute atomic E-state index is 10.3. The topological polar surface area (TPSA) is 32.7 Å². The molecule has 0 bridgehead atoms. The van der Waals surface area contributed by atoms with Crippen molar-refractivity contribution in [2.45, 2.75) is 32.5 Å². The molecule has 0 aromatic heterocycles. The fourth-order valence-electron chi connectivity index (χ4n) is 3.41. The average Bonchev–Trinajstić information content (AvgIpc) is 2.64. The summed E-state index contributed by atoms with van der Waals surface area (Å²) in [5, 5.41) is 10.9. The van der Waals surface area contributed by atoms with Gasteiger partial charge in [0.15, 0.2) is 0 Å². The van der Waals surface area contributed by atoms with Gasteiger partial charge >= 0.3 is 0 Å². The molecule has 2 atom stereocenters. The molecule has 0 amide bonds. The van der Waals surface area contributed by atoms with Crippen LogP contribution < -0.4 is 4.74 Å². The average molecular weight is 360 g/mol. The van der Waals surface area contributed by atoms with Gasteiger partial charge in [0.1, 0.15) is 12.4 Å². The van der Waals surface area contributed by atoms with Crippen LogP contribution in [0.3, 0.4) is 0 Å². The molecule has 1 heterocycles. The summed E-state index contributed by atoms with van der Waals surface area (Å²) in [7, 11) is 0. The van der Waals surface area contributed by atoms with Crippen molar-refractivity contribution in [3.8, 4) is 5.75 Å². The minimum absolute atomic E-state index is 0.226. The molecular formula is C21H26ClNO2. The third-order valence-electron chi connectivity index (χ3n) is 4.96. The third-order valence-corrected chi connectivity index (χ3v) is 5.25. The molecule has 0 aliphatic carbocycles. The molecule has 1 aliphatic rings. The second kappa shape index (κ2) is 8.70. The minimum Gasteiger partial charge on any atom is -0.487 e. The van der Waals surface area contributed by atoms with E-state index in [-0.39, 0.29) is 12.0 Å². The van der Waals surface area contributed by atoms with Gasteiger partial charge in [0, 0.05) is 19.0 Å². The van der Waals surface area contributed by atoms with E-state index < -0.39 is 0 Å². The van der Waals surface area contributed by atoms with Crippen LogP contribution in [0.1, 0.15) is 24.5 Å². The van der Waals surface area contributed by atoms with E-state index in [1.165, 1.54) is 0 Å². The molecule has 0 saturated carbocycles. The van der Waals surface area contributed by atoms with Crippen molar-refractivity contribution in [3.05, 3.63) is 64.7 Å². The summed E-state index contributed by atoms with van der Waals surface area (Å²) in [5.41, 5.74) is 2.27. The van der Waals surface area contributed by atoms with Gasteiger partial charge in [-0.05, 0) is 42.6 Å². The van der Waals surface area contributed by atoms with E-state index in [0.29, 0.717) is 17.4 Å². The van der Waals surface area contributed by atoms with Gasteiger partial charge in [-0.15, -0.1) is 0 Å². The van der Waals surface area contributed by atoms with E-state index in [9.17, 15) is 5.11 Å². The quantitative estimate of drug-likeness (QED) is 0.840. The highest BCUT2D eigenvalue weighted by Gasteiger charge is 2.27. The summed E-state index contributed by atoms with van der Waals surface area (Å²) in [4.78, 5) is 2.40. The fraction of sp³-hybridized carbons (Fsp3) is 0.429. The maximum Gasteiger partial charge on any atom is 0.138 e. The Morgan fingerprint density at radius 2 is 1.96 bits per heavy atom. The lowest BCUT2D eigenvalue weighted by Crippen LogP contribution is -2.43. The minimum atomic E-state index is -0.226. The first-order valence-electron chi connectivity index (χ1n) is 9.01. The van der Waals surface area contributed by atoms with Crippen LogP contribution in [0.25, 0.3) is 0 Å². The molecule has 2 unspecified atom stereocenters. The summed E-state index contributed by atoms with van der Waals surface area (Å²) < 4.78 is 5.83. The van der Waals surface area contributed by atoms with E-state index in [4.69, 9.17) is 16.3 Å². The first-order chi connectivity index (χ1) is 12.2. The van der Waals surface area contributed by atoms with E-state index >= 15 is 0 Å². The number of piperidine rings is 1. The molecule has 3 rings (SSSR count). The number of nitrogens with zero attached hydrogens (tertiary/aromatic N) is 1. The van der Waals surface area contributed by atoms with Gasteiger partial charge in [-0.3, -0.25) is 0 Å². The predicted molar refractivity (Wildman–Crippen MR) is 102 cm³/mol. The third kappa shape index (κ3) is 4.97. The number of benzene rings is 2. The van der Waals surface area contributed by atoms with Crippen LogP contribution in [0.2, 0.25) is 5.02 Å². The Hall–Kier alpha value is -1.55. The standard InChI is InChI=1S/C21H26ClNO2/c1-2-23-11-10-20(24)18(14-23)12-17-8-9-21(19(22)13-17)25-15-16-6-4-3-5-7-16/h3-9,13,18,20,24H,2,10-12,14-15H2,1H3. The second-order valence-electron chi connectivity index (χ2n) is 6.75. The maximum atomic E-state index is 10.3. The molecule has 134 valence electrons. The number of hydrogen-bond acceptors (Lipinski definition) is 3. The van der Waals surface area contributed by atoms with Crippen LogP contribution in [0.4, 0.5) is 0 Å². The molecule has 0 radical (unpaired) electrons. The summed E-state index contributed by atoms with van der Waals surface area (Å²) in [6, 6.07) is 16.0. The summed E-state index contributed by atoms with van der Waals surface area (Å²) >= 11 is 6.41. The summed E-state index contributed by atoms with van der Waals surface area (Å²) in [6.07, 6.45) is 1.47. The van der Waals surface area contributed by atoms with E-state index in [0.717, 1.165) is 43.6 Å². The van der Waals surface area contributed by atoms with Crippen molar-refractivity contribution in [2.24, 2.45) is 5.92 Å². The predicted octanol–water partition coefficient (Wildman–Crippen LogP) is 4.16. The number of aliphatic hydroxyl groups is 1. The van der Waals surface area contributed by atoms with Crippen molar-refractivity contribution in [2.75, 3.05) is 19.6 Å². The lowest BCUT2D eigenvalue weighted by molar-refractivity contribution is 0.0290. The monoisotopic (exact) mass is 359 g/mol. The van der Waals surface area contributed by atoms with Gasteiger partial charge in [-0.1, -0.05) is 54.9 Å². The Balaban J connectivity index is 1.61.